The normalized spacial score (nSPS) is 21.0. The van der Waals surface area contributed by atoms with Crippen LogP contribution in [-0.4, -0.2) is 53.4 Å². The summed E-state index contributed by atoms with van der Waals surface area (Å²) in [5, 5.41) is 17.4. The smallest absolute Gasteiger partial charge is 0.225 e. The average molecular weight is 437 g/mol. The number of fused-ring (bicyclic) bond motifs is 1. The molecule has 0 saturated heterocycles. The number of aliphatic hydroxyl groups is 1. The number of nitrogens with one attached hydrogen (secondary N) is 3. The number of hydrogen-bond donors (Lipinski definition) is 4. The van der Waals surface area contributed by atoms with E-state index in [1.807, 2.05) is 19.9 Å². The summed E-state index contributed by atoms with van der Waals surface area (Å²) in [4.78, 5) is 13.6. The molecule has 1 aliphatic rings. The van der Waals surface area contributed by atoms with Gasteiger partial charge < -0.3 is 15.7 Å². The molecule has 1 saturated carbocycles. The maximum absolute atomic E-state index is 11.4. The van der Waals surface area contributed by atoms with E-state index in [1.54, 1.807) is 13.1 Å². The Balaban J connectivity index is 1.70. The van der Waals surface area contributed by atoms with Crippen molar-refractivity contribution in [1.29, 1.82) is 0 Å². The second-order valence-corrected chi connectivity index (χ2v) is 10.3. The average Bonchev–Trinajstić information content (AvgIpc) is 2.65. The van der Waals surface area contributed by atoms with E-state index in [2.05, 4.69) is 30.3 Å². The standard InChI is InChI=1S/C20H32N6O3S/c1-12(2)23-19-16-9-17(13(3)27)21-11-18(16)24-20(25-19)22-10-14-5-7-15(8-6-14)26-30(4,28)29/h9,11-15,26-27H,5-8,10H2,1-4H3,(H2,22,23,24,25)/t13-,14?,15?/m1/s1. The van der Waals surface area contributed by atoms with Gasteiger partial charge >= 0.3 is 0 Å². The summed E-state index contributed by atoms with van der Waals surface area (Å²) >= 11 is 0. The molecule has 30 heavy (non-hydrogen) atoms. The van der Waals surface area contributed by atoms with Crippen molar-refractivity contribution in [3.8, 4) is 0 Å². The minimum atomic E-state index is -3.15. The van der Waals surface area contributed by atoms with Crippen molar-refractivity contribution in [3.05, 3.63) is 18.0 Å². The third-order valence-electron chi connectivity index (χ3n) is 5.23. The van der Waals surface area contributed by atoms with Crippen LogP contribution in [0, 0.1) is 5.92 Å². The second-order valence-electron chi connectivity index (χ2n) is 8.49. The SMILES string of the molecule is CC(C)Nc1nc(NCC2CCC(NS(C)(=O)=O)CC2)nc2cnc([C@@H](C)O)cc12. The Kier molecular flexibility index (Phi) is 7.10. The lowest BCUT2D eigenvalue weighted by molar-refractivity contribution is 0.194. The summed E-state index contributed by atoms with van der Waals surface area (Å²) < 4.78 is 25.5. The first-order chi connectivity index (χ1) is 14.1. The van der Waals surface area contributed by atoms with Crippen LogP contribution in [0.3, 0.4) is 0 Å². The lowest BCUT2D eigenvalue weighted by atomic mass is 9.86. The number of anilines is 2. The summed E-state index contributed by atoms with van der Waals surface area (Å²) in [6.45, 7) is 6.50. The molecule has 0 bridgehead atoms. The minimum absolute atomic E-state index is 0.0317. The zero-order valence-electron chi connectivity index (χ0n) is 18.0. The van der Waals surface area contributed by atoms with Gasteiger partial charge in [-0.05, 0) is 58.4 Å². The van der Waals surface area contributed by atoms with E-state index in [9.17, 15) is 13.5 Å². The van der Waals surface area contributed by atoms with Gasteiger partial charge in [0.25, 0.3) is 0 Å². The molecule has 2 aromatic rings. The van der Waals surface area contributed by atoms with Crippen LogP contribution in [0.25, 0.3) is 10.9 Å². The summed E-state index contributed by atoms with van der Waals surface area (Å²) in [6, 6.07) is 2.05. The molecule has 0 radical (unpaired) electrons. The predicted octanol–water partition coefficient (Wildman–Crippen LogP) is 2.42. The molecular weight excluding hydrogens is 404 g/mol. The largest absolute Gasteiger partial charge is 0.387 e. The molecule has 2 aromatic heterocycles. The first kappa shape index (κ1) is 22.6. The van der Waals surface area contributed by atoms with E-state index < -0.39 is 16.1 Å². The first-order valence-corrected chi connectivity index (χ1v) is 12.3. The molecule has 10 heteroatoms. The van der Waals surface area contributed by atoms with Gasteiger partial charge in [0, 0.05) is 24.0 Å². The zero-order chi connectivity index (χ0) is 21.9. The maximum Gasteiger partial charge on any atom is 0.225 e. The van der Waals surface area contributed by atoms with E-state index in [1.165, 1.54) is 6.26 Å². The van der Waals surface area contributed by atoms with Crippen LogP contribution in [-0.2, 0) is 10.0 Å². The van der Waals surface area contributed by atoms with Crippen molar-refractivity contribution in [1.82, 2.24) is 19.7 Å². The molecule has 1 aliphatic carbocycles. The predicted molar refractivity (Wildman–Crippen MR) is 119 cm³/mol. The molecule has 3 rings (SSSR count). The van der Waals surface area contributed by atoms with E-state index in [4.69, 9.17) is 0 Å². The van der Waals surface area contributed by atoms with Gasteiger partial charge in [0.05, 0.1) is 29.8 Å². The van der Waals surface area contributed by atoms with Crippen LogP contribution in [0.4, 0.5) is 11.8 Å². The van der Waals surface area contributed by atoms with Crippen molar-refractivity contribution in [3.63, 3.8) is 0 Å². The Morgan fingerprint density at radius 1 is 1.17 bits per heavy atom. The molecule has 0 spiro atoms. The van der Waals surface area contributed by atoms with Crippen LogP contribution >= 0.6 is 0 Å². The zero-order valence-corrected chi connectivity index (χ0v) is 18.8. The van der Waals surface area contributed by atoms with Gasteiger partial charge in [0.15, 0.2) is 0 Å². The van der Waals surface area contributed by atoms with E-state index in [0.29, 0.717) is 28.9 Å². The molecule has 0 aliphatic heterocycles. The highest BCUT2D eigenvalue weighted by Crippen LogP contribution is 2.27. The number of pyridine rings is 1. The number of aliphatic hydroxyl groups excluding tert-OH is 1. The van der Waals surface area contributed by atoms with Gasteiger partial charge in [-0.25, -0.2) is 18.1 Å². The van der Waals surface area contributed by atoms with Crippen molar-refractivity contribution in [2.75, 3.05) is 23.4 Å². The molecule has 9 nitrogen and oxygen atoms in total. The minimum Gasteiger partial charge on any atom is -0.387 e. The number of aromatic nitrogens is 3. The molecule has 1 fully saturated rings. The molecular formula is C20H32N6O3S. The first-order valence-electron chi connectivity index (χ1n) is 10.4. The van der Waals surface area contributed by atoms with E-state index in [-0.39, 0.29) is 12.1 Å². The third kappa shape index (κ3) is 6.23. The Morgan fingerprint density at radius 3 is 2.47 bits per heavy atom. The van der Waals surface area contributed by atoms with Crippen LogP contribution in [0.1, 0.15) is 58.3 Å². The number of nitrogens with zero attached hydrogens (tertiary/aromatic N) is 3. The van der Waals surface area contributed by atoms with Crippen LogP contribution in [0.5, 0.6) is 0 Å². The van der Waals surface area contributed by atoms with E-state index >= 15 is 0 Å². The maximum atomic E-state index is 11.4. The summed E-state index contributed by atoms with van der Waals surface area (Å²) in [7, 11) is -3.15. The summed E-state index contributed by atoms with van der Waals surface area (Å²) in [5.74, 6) is 1.69. The highest BCUT2D eigenvalue weighted by molar-refractivity contribution is 7.88. The summed E-state index contributed by atoms with van der Waals surface area (Å²) in [5.41, 5.74) is 1.29. The van der Waals surface area contributed by atoms with E-state index in [0.717, 1.165) is 37.6 Å². The fraction of sp³-hybridized carbons (Fsp3) is 0.650. The van der Waals surface area contributed by atoms with Gasteiger partial charge in [-0.1, -0.05) is 0 Å². The highest BCUT2D eigenvalue weighted by Gasteiger charge is 2.23. The molecule has 4 N–H and O–H groups in total. The van der Waals surface area contributed by atoms with Gasteiger partial charge in [-0.3, -0.25) is 4.98 Å². The topological polar surface area (TPSA) is 129 Å². The van der Waals surface area contributed by atoms with Crippen molar-refractivity contribution in [2.45, 2.75) is 64.6 Å². The van der Waals surface area contributed by atoms with Crippen molar-refractivity contribution >= 4 is 32.7 Å². The molecule has 1 atom stereocenters. The van der Waals surface area contributed by atoms with Crippen LogP contribution < -0.4 is 15.4 Å². The van der Waals surface area contributed by atoms with Gasteiger partial charge in [-0.15, -0.1) is 0 Å². The Morgan fingerprint density at radius 2 is 1.87 bits per heavy atom. The van der Waals surface area contributed by atoms with Crippen molar-refractivity contribution in [2.24, 2.45) is 5.92 Å². The summed E-state index contributed by atoms with van der Waals surface area (Å²) in [6.07, 6.45) is 5.78. The second kappa shape index (κ2) is 9.40. The lowest BCUT2D eigenvalue weighted by Gasteiger charge is -2.28. The van der Waals surface area contributed by atoms with Crippen LogP contribution in [0.15, 0.2) is 12.3 Å². The quantitative estimate of drug-likeness (QED) is 0.496. The third-order valence-corrected chi connectivity index (χ3v) is 5.99. The molecule has 0 unspecified atom stereocenters. The van der Waals surface area contributed by atoms with Crippen LogP contribution in [0.2, 0.25) is 0 Å². The number of hydrogen-bond acceptors (Lipinski definition) is 8. The fourth-order valence-corrected chi connectivity index (χ4v) is 4.60. The number of sulfonamides is 1. The van der Waals surface area contributed by atoms with Gasteiger partial charge in [0.2, 0.25) is 16.0 Å². The Bertz CT molecular complexity index is 972. The Hall–Kier alpha value is -2.04. The highest BCUT2D eigenvalue weighted by atomic mass is 32.2. The molecule has 0 amide bonds. The number of rotatable bonds is 8. The monoisotopic (exact) mass is 436 g/mol. The van der Waals surface area contributed by atoms with Gasteiger partial charge in [0.1, 0.15) is 5.82 Å². The Labute approximate surface area is 178 Å². The van der Waals surface area contributed by atoms with Gasteiger partial charge in [-0.2, -0.15) is 4.98 Å². The molecule has 0 aromatic carbocycles. The molecule has 166 valence electrons. The van der Waals surface area contributed by atoms with Crippen molar-refractivity contribution < 1.29 is 13.5 Å². The lowest BCUT2D eigenvalue weighted by Crippen LogP contribution is -2.37. The molecule has 2 heterocycles. The fourth-order valence-electron chi connectivity index (χ4n) is 3.76.